The Morgan fingerprint density at radius 2 is 2.00 bits per heavy atom. The maximum absolute atomic E-state index is 13.0. The van der Waals surface area contributed by atoms with E-state index >= 15 is 0 Å². The van der Waals surface area contributed by atoms with E-state index < -0.39 is 17.6 Å². The van der Waals surface area contributed by atoms with Crippen LogP contribution in [0.15, 0.2) is 48.7 Å². The number of alkyl halides is 3. The largest absolute Gasteiger partial charge is 0.416 e. The van der Waals surface area contributed by atoms with Crippen molar-refractivity contribution in [3.63, 3.8) is 0 Å². The first kappa shape index (κ1) is 22.7. The van der Waals surface area contributed by atoms with Crippen molar-refractivity contribution in [2.75, 3.05) is 29.9 Å². The lowest BCUT2D eigenvalue weighted by Crippen LogP contribution is -2.47. The Hall–Kier alpha value is -3.53. The fourth-order valence-corrected chi connectivity index (χ4v) is 3.89. The first-order valence-corrected chi connectivity index (χ1v) is 10.4. The second-order valence-corrected chi connectivity index (χ2v) is 7.90. The summed E-state index contributed by atoms with van der Waals surface area (Å²) in [6.45, 7) is 2.92. The van der Waals surface area contributed by atoms with Crippen LogP contribution in [0.2, 0.25) is 5.02 Å². The zero-order valence-corrected chi connectivity index (χ0v) is 18.2. The molecule has 1 aromatic heterocycles. The molecule has 0 bridgehead atoms. The van der Waals surface area contributed by atoms with Crippen molar-refractivity contribution in [3.8, 4) is 5.69 Å². The predicted octanol–water partition coefficient (Wildman–Crippen LogP) is 4.04. The van der Waals surface area contributed by atoms with Gasteiger partial charge in [-0.15, -0.1) is 0 Å². The fraction of sp³-hybridized carbons (Fsp3) is 0.227. The molecule has 7 nitrogen and oxygen atoms in total. The van der Waals surface area contributed by atoms with Crippen LogP contribution in [-0.4, -0.2) is 41.2 Å². The molecule has 0 atom stereocenters. The van der Waals surface area contributed by atoms with E-state index in [1.807, 2.05) is 4.90 Å². The number of nitrogens with zero attached hydrogens (tertiary/aromatic N) is 3. The molecule has 3 aromatic rings. The highest BCUT2D eigenvalue weighted by Crippen LogP contribution is 2.31. The molecule has 1 fully saturated rings. The van der Waals surface area contributed by atoms with Crippen molar-refractivity contribution < 1.29 is 22.8 Å². The molecule has 2 aromatic carbocycles. The minimum atomic E-state index is -4.49. The van der Waals surface area contributed by atoms with E-state index in [4.69, 9.17) is 11.6 Å². The van der Waals surface area contributed by atoms with Crippen LogP contribution >= 0.6 is 11.6 Å². The van der Waals surface area contributed by atoms with Gasteiger partial charge in [-0.05, 0) is 43.3 Å². The summed E-state index contributed by atoms with van der Waals surface area (Å²) in [5.74, 6) is -0.574. The fourth-order valence-electron chi connectivity index (χ4n) is 3.59. The van der Waals surface area contributed by atoms with E-state index in [9.17, 15) is 22.8 Å². The van der Waals surface area contributed by atoms with Crippen molar-refractivity contribution in [3.05, 3.63) is 70.5 Å². The summed E-state index contributed by atoms with van der Waals surface area (Å²) in [5.41, 5.74) is 1.09. The quantitative estimate of drug-likeness (QED) is 0.594. The maximum atomic E-state index is 13.0. The minimum absolute atomic E-state index is 0.0945. The zero-order valence-electron chi connectivity index (χ0n) is 17.4. The van der Waals surface area contributed by atoms with Crippen molar-refractivity contribution in [1.82, 2.24) is 15.1 Å². The number of halogens is 4. The Kier molecular flexibility index (Phi) is 6.03. The molecule has 33 heavy (non-hydrogen) atoms. The van der Waals surface area contributed by atoms with Gasteiger partial charge >= 0.3 is 6.18 Å². The molecule has 0 aliphatic carbocycles. The molecule has 4 rings (SSSR count). The second kappa shape index (κ2) is 8.78. The van der Waals surface area contributed by atoms with Gasteiger partial charge in [0.1, 0.15) is 0 Å². The van der Waals surface area contributed by atoms with Crippen LogP contribution in [0.3, 0.4) is 0 Å². The van der Waals surface area contributed by atoms with E-state index in [-0.39, 0.29) is 23.7 Å². The third-order valence-corrected chi connectivity index (χ3v) is 5.56. The third kappa shape index (κ3) is 4.80. The summed E-state index contributed by atoms with van der Waals surface area (Å²) in [7, 11) is 0. The lowest BCUT2D eigenvalue weighted by molar-refractivity contribution is -0.137. The first-order chi connectivity index (χ1) is 15.6. The Morgan fingerprint density at radius 3 is 2.70 bits per heavy atom. The van der Waals surface area contributed by atoms with E-state index in [2.05, 4.69) is 15.7 Å². The molecule has 0 spiro atoms. The number of benzene rings is 2. The van der Waals surface area contributed by atoms with Gasteiger partial charge in [-0.2, -0.15) is 18.3 Å². The van der Waals surface area contributed by atoms with Crippen molar-refractivity contribution >= 4 is 34.8 Å². The molecule has 1 aliphatic rings. The van der Waals surface area contributed by atoms with Gasteiger partial charge in [0.05, 0.1) is 46.0 Å². The number of aromatic nitrogens is 2. The Bertz CT molecular complexity index is 1220. The molecule has 2 amide bonds. The molecule has 172 valence electrons. The van der Waals surface area contributed by atoms with E-state index in [0.29, 0.717) is 35.2 Å². The van der Waals surface area contributed by atoms with Gasteiger partial charge < -0.3 is 15.5 Å². The molecule has 0 unspecified atom stereocenters. The number of nitrogens with one attached hydrogen (secondary N) is 2. The third-order valence-electron chi connectivity index (χ3n) is 5.26. The van der Waals surface area contributed by atoms with Crippen LogP contribution in [0.5, 0.6) is 0 Å². The van der Waals surface area contributed by atoms with Gasteiger partial charge in [-0.25, -0.2) is 4.68 Å². The molecule has 0 radical (unpaired) electrons. The molecule has 2 heterocycles. The molecular formula is C22H19ClF3N5O2. The van der Waals surface area contributed by atoms with Gasteiger partial charge in [0, 0.05) is 18.8 Å². The molecule has 1 aliphatic heterocycles. The van der Waals surface area contributed by atoms with Crippen LogP contribution in [-0.2, 0) is 11.0 Å². The number of amides is 2. The average molecular weight is 478 g/mol. The number of hydrogen-bond acceptors (Lipinski definition) is 4. The van der Waals surface area contributed by atoms with Gasteiger partial charge in [0.2, 0.25) is 5.91 Å². The van der Waals surface area contributed by atoms with Crippen LogP contribution in [0.1, 0.15) is 21.6 Å². The van der Waals surface area contributed by atoms with Crippen LogP contribution in [0.4, 0.5) is 24.5 Å². The summed E-state index contributed by atoms with van der Waals surface area (Å²) in [5, 5.41) is 9.93. The summed E-state index contributed by atoms with van der Waals surface area (Å²) in [4.78, 5) is 26.3. The van der Waals surface area contributed by atoms with Crippen LogP contribution < -0.4 is 15.5 Å². The van der Waals surface area contributed by atoms with Crippen molar-refractivity contribution in [2.24, 2.45) is 0 Å². The first-order valence-electron chi connectivity index (χ1n) is 9.98. The monoisotopic (exact) mass is 477 g/mol. The number of hydrogen-bond donors (Lipinski definition) is 2. The number of piperazine rings is 1. The Balaban J connectivity index is 1.53. The molecule has 11 heteroatoms. The summed E-state index contributed by atoms with van der Waals surface area (Å²) in [6.07, 6.45) is -3.19. The normalized spacial score (nSPS) is 14.2. The Labute approximate surface area is 192 Å². The topological polar surface area (TPSA) is 79.3 Å². The lowest BCUT2D eigenvalue weighted by atomic mass is 10.2. The standard InChI is InChI=1S/C22H19ClF3N5O2/c1-13-17(11-28-31(13)16-4-2-3-14(9-16)22(24,25)26)21(33)29-15-5-6-19(18(23)10-15)30-8-7-27-20(32)12-30/h2-6,9-11H,7-8,12H2,1H3,(H,27,32)(H,29,33). The van der Waals surface area contributed by atoms with Gasteiger partial charge in [0.15, 0.2) is 0 Å². The maximum Gasteiger partial charge on any atom is 0.416 e. The SMILES string of the molecule is Cc1c(C(=O)Nc2ccc(N3CCNC(=O)C3)c(Cl)c2)cnn1-c1cccc(C(F)(F)F)c1. The highest BCUT2D eigenvalue weighted by Gasteiger charge is 2.31. The van der Waals surface area contributed by atoms with E-state index in [0.717, 1.165) is 12.1 Å². The molecule has 2 N–H and O–H groups in total. The van der Waals surface area contributed by atoms with Crippen LogP contribution in [0.25, 0.3) is 5.69 Å². The number of rotatable bonds is 4. The highest BCUT2D eigenvalue weighted by molar-refractivity contribution is 6.33. The van der Waals surface area contributed by atoms with E-state index in [1.54, 1.807) is 25.1 Å². The Morgan fingerprint density at radius 1 is 1.21 bits per heavy atom. The average Bonchev–Trinajstić information content (AvgIpc) is 3.15. The highest BCUT2D eigenvalue weighted by atomic mass is 35.5. The summed E-state index contributed by atoms with van der Waals surface area (Å²) < 4.78 is 40.4. The molecule has 1 saturated heterocycles. The number of carbonyl (C=O) groups is 2. The molecular weight excluding hydrogens is 459 g/mol. The van der Waals surface area contributed by atoms with Crippen LogP contribution in [0, 0.1) is 6.92 Å². The zero-order chi connectivity index (χ0) is 23.8. The van der Waals surface area contributed by atoms with Gasteiger partial charge in [-0.3, -0.25) is 9.59 Å². The van der Waals surface area contributed by atoms with Gasteiger partial charge in [-0.1, -0.05) is 17.7 Å². The smallest absolute Gasteiger partial charge is 0.359 e. The van der Waals surface area contributed by atoms with Crippen molar-refractivity contribution in [2.45, 2.75) is 13.1 Å². The predicted molar refractivity (Wildman–Crippen MR) is 118 cm³/mol. The van der Waals surface area contributed by atoms with E-state index in [1.165, 1.54) is 23.0 Å². The second-order valence-electron chi connectivity index (χ2n) is 7.50. The van der Waals surface area contributed by atoms with Crippen molar-refractivity contribution in [1.29, 1.82) is 0 Å². The minimum Gasteiger partial charge on any atom is -0.359 e. The summed E-state index contributed by atoms with van der Waals surface area (Å²) in [6, 6.07) is 9.67. The molecule has 0 saturated carbocycles. The number of anilines is 2. The lowest BCUT2D eigenvalue weighted by Gasteiger charge is -2.29. The summed E-state index contributed by atoms with van der Waals surface area (Å²) >= 11 is 6.37. The number of carbonyl (C=O) groups excluding carboxylic acids is 2. The van der Waals surface area contributed by atoms with Gasteiger partial charge in [0.25, 0.3) is 5.91 Å².